The van der Waals surface area contributed by atoms with E-state index in [2.05, 4.69) is 26.3 Å². The molecule has 0 amide bonds. The average Bonchev–Trinajstić information content (AvgIpc) is 3.33. The summed E-state index contributed by atoms with van der Waals surface area (Å²) in [6.45, 7) is 4.90. The highest BCUT2D eigenvalue weighted by molar-refractivity contribution is 6.01. The lowest BCUT2D eigenvalue weighted by molar-refractivity contribution is 0.0994. The molecular formula is C22H23N5O. The first-order chi connectivity index (χ1) is 13.8. The molecule has 28 heavy (non-hydrogen) atoms. The quantitative estimate of drug-likeness (QED) is 0.736. The van der Waals surface area contributed by atoms with Gasteiger partial charge in [0.1, 0.15) is 5.82 Å². The molecule has 0 atom stereocenters. The lowest BCUT2D eigenvalue weighted by atomic mass is 10.0. The summed E-state index contributed by atoms with van der Waals surface area (Å²) in [7, 11) is 0. The van der Waals surface area contributed by atoms with Gasteiger partial charge in [-0.05, 0) is 30.2 Å². The number of benzene rings is 1. The number of H-pyrrole nitrogens is 1. The van der Waals surface area contributed by atoms with Gasteiger partial charge in [0.05, 0.1) is 17.9 Å². The van der Waals surface area contributed by atoms with E-state index in [0.29, 0.717) is 6.42 Å². The Morgan fingerprint density at radius 1 is 1.00 bits per heavy atom. The summed E-state index contributed by atoms with van der Waals surface area (Å²) in [5.41, 5.74) is 6.08. The van der Waals surface area contributed by atoms with Crippen LogP contribution in [-0.4, -0.2) is 51.8 Å². The molecule has 1 aromatic carbocycles. The predicted molar refractivity (Wildman–Crippen MR) is 108 cm³/mol. The van der Waals surface area contributed by atoms with Gasteiger partial charge >= 0.3 is 0 Å². The van der Waals surface area contributed by atoms with Crippen LogP contribution in [0.5, 0.6) is 0 Å². The molecule has 0 spiro atoms. The van der Waals surface area contributed by atoms with Crippen molar-refractivity contribution in [2.24, 2.45) is 0 Å². The van der Waals surface area contributed by atoms with Gasteiger partial charge in [-0.2, -0.15) is 0 Å². The summed E-state index contributed by atoms with van der Waals surface area (Å²) >= 11 is 0. The van der Waals surface area contributed by atoms with Gasteiger partial charge in [-0.15, -0.1) is 0 Å². The zero-order valence-corrected chi connectivity index (χ0v) is 15.7. The average molecular weight is 373 g/mol. The minimum atomic E-state index is 0.248. The molecule has 0 bridgehead atoms. The minimum Gasteiger partial charge on any atom is -0.340 e. The van der Waals surface area contributed by atoms with Crippen LogP contribution in [0.15, 0.2) is 42.7 Å². The van der Waals surface area contributed by atoms with Crippen LogP contribution in [0.25, 0.3) is 22.5 Å². The zero-order valence-electron chi connectivity index (χ0n) is 15.7. The first-order valence-electron chi connectivity index (χ1n) is 9.87. The lowest BCUT2D eigenvalue weighted by Gasteiger charge is -2.26. The monoisotopic (exact) mass is 373 g/mol. The van der Waals surface area contributed by atoms with Gasteiger partial charge in [0.2, 0.25) is 0 Å². The summed E-state index contributed by atoms with van der Waals surface area (Å²) in [4.78, 5) is 27.1. The molecule has 6 heteroatoms. The molecule has 0 saturated carbocycles. The van der Waals surface area contributed by atoms with Crippen molar-refractivity contribution >= 4 is 5.78 Å². The number of nitrogens with one attached hydrogen (secondary N) is 2. The van der Waals surface area contributed by atoms with Crippen LogP contribution in [-0.2, 0) is 13.0 Å². The van der Waals surface area contributed by atoms with Crippen molar-refractivity contribution in [3.05, 3.63) is 59.7 Å². The molecule has 1 aliphatic heterocycles. The molecule has 1 saturated heterocycles. The number of carbonyl (C=O) groups is 1. The second-order valence-corrected chi connectivity index (χ2v) is 7.46. The topological polar surface area (TPSA) is 73.9 Å². The van der Waals surface area contributed by atoms with Crippen LogP contribution in [0.2, 0.25) is 0 Å². The molecule has 6 nitrogen and oxygen atoms in total. The van der Waals surface area contributed by atoms with Crippen LogP contribution in [0, 0.1) is 0 Å². The third kappa shape index (κ3) is 3.25. The maximum absolute atomic E-state index is 12.0. The summed E-state index contributed by atoms with van der Waals surface area (Å²) in [5, 5.41) is 3.39. The second kappa shape index (κ2) is 7.30. The number of aromatic nitrogens is 3. The maximum Gasteiger partial charge on any atom is 0.163 e. The first kappa shape index (κ1) is 17.3. The fraction of sp³-hybridized carbons (Fsp3) is 0.318. The van der Waals surface area contributed by atoms with Gasteiger partial charge in [-0.3, -0.25) is 14.7 Å². The summed E-state index contributed by atoms with van der Waals surface area (Å²) < 4.78 is 0. The van der Waals surface area contributed by atoms with Crippen molar-refractivity contribution in [1.82, 2.24) is 25.2 Å². The molecular weight excluding hydrogens is 350 g/mol. The first-order valence-corrected chi connectivity index (χ1v) is 9.87. The number of carbonyl (C=O) groups excluding carboxylic acids is 1. The number of rotatable bonds is 4. The van der Waals surface area contributed by atoms with E-state index in [1.165, 1.54) is 0 Å². The molecule has 1 aliphatic carbocycles. The van der Waals surface area contributed by atoms with E-state index in [9.17, 15) is 4.79 Å². The molecule has 2 N–H and O–H groups in total. The molecule has 0 radical (unpaired) electrons. The van der Waals surface area contributed by atoms with Crippen molar-refractivity contribution in [3.63, 3.8) is 0 Å². The Hall–Kier alpha value is -2.83. The highest BCUT2D eigenvalue weighted by atomic mass is 16.1. The molecule has 1 fully saturated rings. The van der Waals surface area contributed by atoms with Crippen molar-refractivity contribution in [3.8, 4) is 22.5 Å². The van der Waals surface area contributed by atoms with Gasteiger partial charge in [-0.1, -0.05) is 12.1 Å². The van der Waals surface area contributed by atoms with Gasteiger partial charge in [0.15, 0.2) is 5.78 Å². The Balaban J connectivity index is 1.54. The van der Waals surface area contributed by atoms with Gasteiger partial charge < -0.3 is 10.3 Å². The van der Waals surface area contributed by atoms with E-state index >= 15 is 0 Å². The maximum atomic E-state index is 12.0. The number of ketones is 1. The number of hydrogen-bond acceptors (Lipinski definition) is 5. The summed E-state index contributed by atoms with van der Waals surface area (Å²) in [6.07, 6.45) is 5.05. The summed E-state index contributed by atoms with van der Waals surface area (Å²) in [5.74, 6) is 1.22. The van der Waals surface area contributed by atoms with Crippen molar-refractivity contribution in [2.45, 2.75) is 19.4 Å². The minimum absolute atomic E-state index is 0.248. The molecule has 2 aliphatic rings. The Kier molecular flexibility index (Phi) is 4.50. The Labute approximate surface area is 164 Å². The molecule has 3 aromatic rings. The van der Waals surface area contributed by atoms with Crippen LogP contribution < -0.4 is 5.32 Å². The summed E-state index contributed by atoms with van der Waals surface area (Å²) in [6, 6.07) is 10.1. The number of aromatic amines is 1. The molecule has 2 aromatic heterocycles. The normalized spacial score (nSPS) is 17.1. The number of nitrogens with zero attached hydrogens (tertiary/aromatic N) is 3. The number of imidazole rings is 1. The van der Waals surface area contributed by atoms with E-state index < -0.39 is 0 Å². The number of hydrogen-bond donors (Lipinski definition) is 2. The Bertz CT molecular complexity index is 1010. The largest absolute Gasteiger partial charge is 0.340 e. The third-order valence-corrected chi connectivity index (χ3v) is 5.61. The molecule has 3 heterocycles. The van der Waals surface area contributed by atoms with Crippen molar-refractivity contribution in [2.75, 3.05) is 26.2 Å². The number of pyridine rings is 1. The highest BCUT2D eigenvalue weighted by Crippen LogP contribution is 2.33. The molecule has 142 valence electrons. The van der Waals surface area contributed by atoms with Crippen molar-refractivity contribution in [1.29, 1.82) is 0 Å². The number of fused-ring (bicyclic) bond motifs is 1. The van der Waals surface area contributed by atoms with Crippen molar-refractivity contribution < 1.29 is 4.79 Å². The van der Waals surface area contributed by atoms with Crippen LogP contribution in [0.3, 0.4) is 0 Å². The van der Waals surface area contributed by atoms with Crippen LogP contribution in [0.1, 0.15) is 28.2 Å². The predicted octanol–water partition coefficient (Wildman–Crippen LogP) is 2.67. The third-order valence-electron chi connectivity index (χ3n) is 5.61. The molecule has 5 rings (SSSR count). The Morgan fingerprint density at radius 3 is 2.64 bits per heavy atom. The lowest BCUT2D eigenvalue weighted by Crippen LogP contribution is -2.43. The van der Waals surface area contributed by atoms with E-state index in [4.69, 9.17) is 4.98 Å². The van der Waals surface area contributed by atoms with Gasteiger partial charge in [0, 0.05) is 61.7 Å². The second-order valence-electron chi connectivity index (χ2n) is 7.46. The van der Waals surface area contributed by atoms with E-state index in [-0.39, 0.29) is 5.78 Å². The van der Waals surface area contributed by atoms with Gasteiger partial charge in [-0.25, -0.2) is 4.98 Å². The number of aryl methyl sites for hydroxylation is 1. The fourth-order valence-electron chi connectivity index (χ4n) is 4.12. The highest BCUT2D eigenvalue weighted by Gasteiger charge is 2.22. The Morgan fingerprint density at radius 2 is 1.82 bits per heavy atom. The smallest absolute Gasteiger partial charge is 0.163 e. The zero-order chi connectivity index (χ0) is 18.9. The van der Waals surface area contributed by atoms with Crippen LogP contribution >= 0.6 is 0 Å². The van der Waals surface area contributed by atoms with E-state index in [1.54, 1.807) is 12.4 Å². The SMILES string of the molecule is O=C1CCc2cc(-c3nc(CN4CCNCC4)[nH]c3-c3ccncc3)ccc21. The van der Waals surface area contributed by atoms with Gasteiger partial charge in [0.25, 0.3) is 0 Å². The number of Topliss-reactive ketones (excluding diaryl/α,β-unsaturated/α-hetero) is 1. The van der Waals surface area contributed by atoms with Crippen LogP contribution in [0.4, 0.5) is 0 Å². The fourth-order valence-corrected chi connectivity index (χ4v) is 4.12. The standard InChI is InChI=1S/C22H23N5O/c28-19-4-2-16-13-17(1-3-18(16)19)22-21(15-5-7-23-8-6-15)25-20(26-22)14-27-11-9-24-10-12-27/h1,3,5-8,13,24H,2,4,9-12,14H2,(H,25,26). The van der Waals surface area contributed by atoms with E-state index in [1.807, 2.05) is 24.3 Å². The molecule has 0 unspecified atom stereocenters. The van der Waals surface area contributed by atoms with E-state index in [0.717, 1.165) is 78.6 Å². The number of piperazine rings is 1.